The van der Waals surface area contributed by atoms with Crippen molar-refractivity contribution < 1.29 is 14.1 Å². The zero-order valence-electron chi connectivity index (χ0n) is 21.7. The molecule has 0 bridgehead atoms. The van der Waals surface area contributed by atoms with Gasteiger partial charge in [-0.3, -0.25) is 0 Å². The summed E-state index contributed by atoms with van der Waals surface area (Å²) in [5.41, 5.74) is 2.71. The molecule has 3 nitrogen and oxygen atoms in total. The second-order valence-corrected chi connectivity index (χ2v) is 11.9. The lowest BCUT2D eigenvalue weighted by atomic mass is 10.1. The number of benzene rings is 4. The summed E-state index contributed by atoms with van der Waals surface area (Å²) in [4.78, 5) is 16.5. The van der Waals surface area contributed by atoms with Crippen molar-refractivity contribution in [2.45, 2.75) is 67.1 Å². The highest BCUT2D eigenvalue weighted by molar-refractivity contribution is 8.30. The van der Waals surface area contributed by atoms with Crippen molar-refractivity contribution in [1.29, 1.82) is 0 Å². The molecule has 0 aliphatic carbocycles. The molecule has 0 atom stereocenters. The van der Waals surface area contributed by atoms with Gasteiger partial charge in [0.15, 0.2) is 0 Å². The van der Waals surface area contributed by atoms with E-state index < -0.39 is 16.3 Å². The number of rotatable bonds is 11. The minimum absolute atomic E-state index is 0.0845. The molecular formula is C33H36O3S. The average Bonchev–Trinajstić information content (AvgIpc) is 2.95. The molecule has 0 heterocycles. The van der Waals surface area contributed by atoms with Gasteiger partial charge in [0.1, 0.15) is 11.3 Å². The SMILES string of the molecule is CCCCc1ccc(S(OC(=O)c2ccccc2O)(c2ccccc2)c2ccc(CCCC)cc2)cc1. The smallest absolute Gasteiger partial charge is 0.353 e. The molecule has 4 aromatic rings. The summed E-state index contributed by atoms with van der Waals surface area (Å²) >= 11 is 0. The highest BCUT2D eigenvalue weighted by Crippen LogP contribution is 2.69. The van der Waals surface area contributed by atoms with Crippen LogP contribution >= 0.6 is 10.3 Å². The van der Waals surface area contributed by atoms with E-state index in [0.29, 0.717) is 0 Å². The van der Waals surface area contributed by atoms with Gasteiger partial charge in [0.05, 0.1) is 0 Å². The van der Waals surface area contributed by atoms with Gasteiger partial charge in [-0.25, -0.2) is 4.79 Å². The molecule has 0 saturated heterocycles. The number of phenols is 1. The Kier molecular flexibility index (Phi) is 9.08. The lowest BCUT2D eigenvalue weighted by molar-refractivity contribution is 0.0754. The Hall–Kier alpha value is -3.50. The summed E-state index contributed by atoms with van der Waals surface area (Å²) in [6.45, 7) is 4.39. The van der Waals surface area contributed by atoms with Crippen molar-refractivity contribution in [2.75, 3.05) is 0 Å². The van der Waals surface area contributed by atoms with Gasteiger partial charge >= 0.3 is 5.97 Å². The topological polar surface area (TPSA) is 46.5 Å². The number of phenolic OH excluding ortho intramolecular Hbond substituents is 1. The predicted molar refractivity (Wildman–Crippen MR) is 152 cm³/mol. The summed E-state index contributed by atoms with van der Waals surface area (Å²) in [5, 5.41) is 10.4. The molecule has 4 rings (SSSR count). The maximum atomic E-state index is 13.7. The van der Waals surface area contributed by atoms with Crippen LogP contribution in [0.4, 0.5) is 0 Å². The number of para-hydroxylation sites is 1. The van der Waals surface area contributed by atoms with Crippen LogP contribution in [-0.4, -0.2) is 11.1 Å². The normalized spacial score (nSPS) is 11.7. The molecule has 0 aliphatic heterocycles. The van der Waals surface area contributed by atoms with E-state index in [1.807, 2.05) is 30.3 Å². The third kappa shape index (κ3) is 6.08. The maximum absolute atomic E-state index is 13.7. The Labute approximate surface area is 222 Å². The fourth-order valence-corrected chi connectivity index (χ4v) is 7.43. The first-order chi connectivity index (χ1) is 18.1. The number of hydrogen-bond acceptors (Lipinski definition) is 3. The summed E-state index contributed by atoms with van der Waals surface area (Å²) in [6, 6.07) is 33.6. The fourth-order valence-electron chi connectivity index (χ4n) is 4.43. The molecule has 1 N–H and O–H groups in total. The fraction of sp³-hybridized carbons (Fsp3) is 0.242. The van der Waals surface area contributed by atoms with Gasteiger partial charge in [-0.15, -0.1) is 0 Å². The molecule has 0 radical (unpaired) electrons. The minimum atomic E-state index is -2.43. The number of carbonyl (C=O) groups excluding carboxylic acids is 1. The van der Waals surface area contributed by atoms with Gasteiger partial charge in [0, 0.05) is 14.7 Å². The molecule has 0 spiro atoms. The first kappa shape index (κ1) is 26.6. The third-order valence-corrected chi connectivity index (χ3v) is 9.76. The van der Waals surface area contributed by atoms with Crippen molar-refractivity contribution in [2.24, 2.45) is 0 Å². The monoisotopic (exact) mass is 512 g/mol. The van der Waals surface area contributed by atoms with E-state index in [-0.39, 0.29) is 11.3 Å². The Bertz CT molecular complexity index is 1230. The molecule has 0 amide bonds. The van der Waals surface area contributed by atoms with Crippen LogP contribution in [0.1, 0.15) is 61.0 Å². The second kappa shape index (κ2) is 12.6. The third-order valence-electron chi connectivity index (χ3n) is 6.55. The Balaban J connectivity index is 1.88. The summed E-state index contributed by atoms with van der Waals surface area (Å²) in [6.07, 6.45) is 6.60. The summed E-state index contributed by atoms with van der Waals surface area (Å²) in [7, 11) is -2.43. The lowest BCUT2D eigenvalue weighted by Crippen LogP contribution is -2.14. The van der Waals surface area contributed by atoms with E-state index in [1.54, 1.807) is 18.2 Å². The van der Waals surface area contributed by atoms with Crippen molar-refractivity contribution in [3.8, 4) is 5.75 Å². The van der Waals surface area contributed by atoms with Crippen molar-refractivity contribution in [3.05, 3.63) is 120 Å². The maximum Gasteiger partial charge on any atom is 0.353 e. The summed E-state index contributed by atoms with van der Waals surface area (Å²) in [5.74, 6) is -0.624. The van der Waals surface area contributed by atoms with Crippen LogP contribution in [0.5, 0.6) is 5.75 Å². The zero-order chi connectivity index (χ0) is 26.1. The second-order valence-electron chi connectivity index (χ2n) is 9.25. The van der Waals surface area contributed by atoms with Crippen molar-refractivity contribution in [1.82, 2.24) is 0 Å². The van der Waals surface area contributed by atoms with Crippen LogP contribution in [0.25, 0.3) is 0 Å². The predicted octanol–water partition coefficient (Wildman–Crippen LogP) is 9.13. The van der Waals surface area contributed by atoms with Crippen LogP contribution < -0.4 is 0 Å². The van der Waals surface area contributed by atoms with Gasteiger partial charge in [-0.1, -0.05) is 81.3 Å². The Morgan fingerprint density at radius 3 is 1.59 bits per heavy atom. The van der Waals surface area contributed by atoms with Gasteiger partial charge in [-0.2, -0.15) is 0 Å². The lowest BCUT2D eigenvalue weighted by Gasteiger charge is -2.40. The standard InChI is InChI=1S/C33H36O3S/c1-3-5-12-26-18-22-29(23-19-26)37(28-14-8-7-9-15-28,30-24-20-27(21-25-30)13-6-4-2)36-33(35)31-16-10-11-17-32(31)34/h7-11,14-25,34H,3-6,12-13H2,1-2H3. The van der Waals surface area contributed by atoms with E-state index in [2.05, 4.69) is 62.4 Å². The van der Waals surface area contributed by atoms with E-state index in [1.165, 1.54) is 17.2 Å². The van der Waals surface area contributed by atoms with Gasteiger partial charge in [0.2, 0.25) is 0 Å². The number of aromatic hydroxyl groups is 1. The molecule has 4 heteroatoms. The van der Waals surface area contributed by atoms with E-state index in [9.17, 15) is 9.90 Å². The van der Waals surface area contributed by atoms with Crippen molar-refractivity contribution >= 4 is 16.3 Å². The Morgan fingerprint density at radius 1 is 0.649 bits per heavy atom. The van der Waals surface area contributed by atoms with Gasteiger partial charge in [0.25, 0.3) is 0 Å². The number of unbranched alkanes of at least 4 members (excludes halogenated alkanes) is 2. The molecular weight excluding hydrogens is 476 g/mol. The van der Waals surface area contributed by atoms with E-state index in [0.717, 1.165) is 53.2 Å². The minimum Gasteiger partial charge on any atom is -0.507 e. The van der Waals surface area contributed by atoms with Gasteiger partial charge in [-0.05, 0) is 95.7 Å². The van der Waals surface area contributed by atoms with Crippen LogP contribution in [0.3, 0.4) is 0 Å². The quantitative estimate of drug-likeness (QED) is 0.218. The van der Waals surface area contributed by atoms with Crippen LogP contribution in [-0.2, 0) is 17.0 Å². The molecule has 0 saturated carbocycles. The van der Waals surface area contributed by atoms with Crippen LogP contribution in [0, 0.1) is 0 Å². The number of hydrogen-bond donors (Lipinski definition) is 1. The Morgan fingerprint density at radius 2 is 1.11 bits per heavy atom. The van der Waals surface area contributed by atoms with Crippen LogP contribution in [0.2, 0.25) is 0 Å². The molecule has 0 unspecified atom stereocenters. The molecule has 0 aromatic heterocycles. The van der Waals surface area contributed by atoms with Gasteiger partial charge < -0.3 is 9.29 Å². The largest absolute Gasteiger partial charge is 0.507 e. The summed E-state index contributed by atoms with van der Waals surface area (Å²) < 4.78 is 6.59. The van der Waals surface area contributed by atoms with Crippen molar-refractivity contribution in [3.63, 3.8) is 0 Å². The number of aryl methyl sites for hydroxylation is 2. The van der Waals surface area contributed by atoms with E-state index in [4.69, 9.17) is 4.18 Å². The molecule has 4 aromatic carbocycles. The molecule has 37 heavy (non-hydrogen) atoms. The first-order valence-electron chi connectivity index (χ1n) is 13.2. The van der Waals surface area contributed by atoms with Crippen LogP contribution in [0.15, 0.2) is 118 Å². The number of carbonyl (C=O) groups is 1. The van der Waals surface area contributed by atoms with E-state index >= 15 is 0 Å². The zero-order valence-corrected chi connectivity index (χ0v) is 22.5. The highest BCUT2D eigenvalue weighted by Gasteiger charge is 2.36. The highest BCUT2D eigenvalue weighted by atomic mass is 32.3. The molecule has 0 aliphatic rings. The first-order valence-corrected chi connectivity index (χ1v) is 14.7. The molecule has 0 fully saturated rings. The molecule has 192 valence electrons. The average molecular weight is 513 g/mol.